The zero-order valence-corrected chi connectivity index (χ0v) is 12.3. The number of piperidine rings is 1. The fourth-order valence-electron chi connectivity index (χ4n) is 3.15. The molecule has 1 aromatic heterocycles. The number of likely N-dealkylation sites (tertiary alicyclic amines) is 1. The Bertz CT molecular complexity index is 573. The number of rotatable bonds is 1. The van der Waals surface area contributed by atoms with E-state index < -0.39 is 17.7 Å². The molecule has 6 heteroatoms. The van der Waals surface area contributed by atoms with Gasteiger partial charge in [0.1, 0.15) is 11.7 Å². The maximum absolute atomic E-state index is 12.2. The van der Waals surface area contributed by atoms with Gasteiger partial charge in [0, 0.05) is 24.6 Å². The predicted molar refractivity (Wildman–Crippen MR) is 74.4 cm³/mol. The average molecular weight is 292 g/mol. The van der Waals surface area contributed by atoms with Crippen molar-refractivity contribution < 1.29 is 19.4 Å². The molecule has 3 heterocycles. The molecule has 2 aliphatic rings. The van der Waals surface area contributed by atoms with E-state index >= 15 is 0 Å². The number of carbonyl (C=O) groups is 1. The second kappa shape index (κ2) is 4.87. The highest BCUT2D eigenvalue weighted by Crippen LogP contribution is 2.43. The van der Waals surface area contributed by atoms with E-state index in [4.69, 9.17) is 4.74 Å². The summed E-state index contributed by atoms with van der Waals surface area (Å²) in [5.41, 5.74) is -0.159. The van der Waals surface area contributed by atoms with E-state index in [2.05, 4.69) is 0 Å². The number of carbonyl (C=O) groups excluding carboxylic acids is 1. The first-order valence-electron chi connectivity index (χ1n) is 7.29. The van der Waals surface area contributed by atoms with Gasteiger partial charge in [0.05, 0.1) is 6.04 Å². The molecule has 0 unspecified atom stereocenters. The van der Waals surface area contributed by atoms with Gasteiger partial charge in [-0.25, -0.2) is 0 Å². The summed E-state index contributed by atoms with van der Waals surface area (Å²) in [5.74, 6) is 0.485. The monoisotopic (exact) mass is 292 g/mol. The van der Waals surface area contributed by atoms with E-state index in [0.29, 0.717) is 29.0 Å². The lowest BCUT2D eigenvalue weighted by Crippen LogP contribution is -2.56. The zero-order valence-electron chi connectivity index (χ0n) is 12.3. The fraction of sp³-hybridized carbons (Fsp3) is 0.600. The molecule has 1 fully saturated rings. The Morgan fingerprint density at radius 1 is 1.48 bits per heavy atom. The summed E-state index contributed by atoms with van der Waals surface area (Å²) in [6.07, 6.45) is 4.21. The second-order valence-electron chi connectivity index (χ2n) is 6.26. The van der Waals surface area contributed by atoms with Gasteiger partial charge in [-0.1, -0.05) is 0 Å². The van der Waals surface area contributed by atoms with Crippen molar-refractivity contribution in [3.05, 3.63) is 29.2 Å². The molecule has 0 radical (unpaired) electrons. The molecule has 6 nitrogen and oxygen atoms in total. The Kier molecular flexibility index (Phi) is 3.28. The molecule has 0 spiro atoms. The first-order chi connectivity index (χ1) is 9.90. The minimum Gasteiger partial charge on any atom is -0.619 e. The minimum absolute atomic E-state index is 0.0489. The van der Waals surface area contributed by atoms with Crippen molar-refractivity contribution in [1.29, 1.82) is 0 Å². The molecule has 0 saturated carbocycles. The van der Waals surface area contributed by atoms with Crippen LogP contribution in [0.1, 0.15) is 44.7 Å². The Hall–Kier alpha value is -1.82. The maximum atomic E-state index is 12.2. The fourth-order valence-corrected chi connectivity index (χ4v) is 3.15. The summed E-state index contributed by atoms with van der Waals surface area (Å²) in [5, 5.41) is 22.2. The number of hydrogen-bond donors (Lipinski definition) is 1. The molecule has 3 rings (SSSR count). The van der Waals surface area contributed by atoms with Crippen LogP contribution in [0.3, 0.4) is 0 Å². The Labute approximate surface area is 123 Å². The van der Waals surface area contributed by atoms with E-state index in [0.717, 1.165) is 12.8 Å². The molecule has 21 heavy (non-hydrogen) atoms. The van der Waals surface area contributed by atoms with E-state index in [-0.39, 0.29) is 5.91 Å². The molecule has 1 amide bonds. The van der Waals surface area contributed by atoms with Gasteiger partial charge in [-0.05, 0) is 26.7 Å². The third-order valence-corrected chi connectivity index (χ3v) is 4.33. The molecule has 0 bridgehead atoms. The van der Waals surface area contributed by atoms with Crippen molar-refractivity contribution in [3.8, 4) is 5.75 Å². The van der Waals surface area contributed by atoms with Crippen molar-refractivity contribution in [3.63, 3.8) is 0 Å². The highest BCUT2D eigenvalue weighted by atomic mass is 16.5. The number of aliphatic hydroxyl groups excluding tert-OH is 1. The number of ether oxygens (including phenoxy) is 1. The summed E-state index contributed by atoms with van der Waals surface area (Å²) >= 11 is 0. The third-order valence-electron chi connectivity index (χ3n) is 4.33. The molecule has 2 aliphatic heterocycles. The van der Waals surface area contributed by atoms with Crippen LogP contribution in [0.15, 0.2) is 18.5 Å². The van der Waals surface area contributed by atoms with Gasteiger partial charge in [-0.2, -0.15) is 4.73 Å². The van der Waals surface area contributed by atoms with Crippen LogP contribution in [0.25, 0.3) is 0 Å². The number of pyridine rings is 1. The summed E-state index contributed by atoms with van der Waals surface area (Å²) in [4.78, 5) is 14.0. The van der Waals surface area contributed by atoms with Crippen molar-refractivity contribution >= 4 is 5.91 Å². The maximum Gasteiger partial charge on any atom is 0.223 e. The van der Waals surface area contributed by atoms with E-state index in [1.807, 2.05) is 0 Å². The van der Waals surface area contributed by atoms with Crippen LogP contribution >= 0.6 is 0 Å². The van der Waals surface area contributed by atoms with Gasteiger partial charge in [0.25, 0.3) is 0 Å². The highest BCUT2D eigenvalue weighted by Gasteiger charge is 2.47. The normalized spacial score (nSPS) is 28.0. The van der Waals surface area contributed by atoms with Gasteiger partial charge in [0.2, 0.25) is 12.1 Å². The molecule has 114 valence electrons. The summed E-state index contributed by atoms with van der Waals surface area (Å²) in [6, 6.07) is 1.17. The number of fused-ring (bicyclic) bond motifs is 1. The third kappa shape index (κ3) is 2.33. The summed E-state index contributed by atoms with van der Waals surface area (Å²) < 4.78 is 6.43. The van der Waals surface area contributed by atoms with Crippen LogP contribution in [0.5, 0.6) is 5.75 Å². The minimum atomic E-state index is -0.857. The number of aromatic nitrogens is 1. The number of aliphatic hydroxyl groups is 1. The molecular formula is C15H20N2O4. The van der Waals surface area contributed by atoms with E-state index in [1.54, 1.807) is 24.8 Å². The number of amides is 1. The second-order valence-corrected chi connectivity index (χ2v) is 6.26. The van der Waals surface area contributed by atoms with Gasteiger partial charge >= 0.3 is 0 Å². The topological polar surface area (TPSA) is 76.7 Å². The molecule has 0 aromatic carbocycles. The summed E-state index contributed by atoms with van der Waals surface area (Å²) in [7, 11) is 0. The smallest absolute Gasteiger partial charge is 0.223 e. The lowest BCUT2D eigenvalue weighted by atomic mass is 9.85. The van der Waals surface area contributed by atoms with Gasteiger partial charge in [-0.15, -0.1) is 0 Å². The van der Waals surface area contributed by atoms with Gasteiger partial charge < -0.3 is 20.0 Å². The highest BCUT2D eigenvalue weighted by molar-refractivity contribution is 5.77. The van der Waals surface area contributed by atoms with Crippen molar-refractivity contribution in [2.45, 2.75) is 50.9 Å². The van der Waals surface area contributed by atoms with Gasteiger partial charge in [-0.3, -0.25) is 4.79 Å². The molecule has 1 N–H and O–H groups in total. The van der Waals surface area contributed by atoms with Crippen LogP contribution in [0.4, 0.5) is 0 Å². The summed E-state index contributed by atoms with van der Waals surface area (Å²) in [6.45, 7) is 4.16. The SMILES string of the molecule is CC1(C)Oc2c[n+]([O-])ccc2[C@H](N2CCCCC2=O)[C@H]1O. The van der Waals surface area contributed by atoms with Crippen LogP contribution in [-0.2, 0) is 4.79 Å². The van der Waals surface area contributed by atoms with Gasteiger partial charge in [0.15, 0.2) is 11.9 Å². The van der Waals surface area contributed by atoms with Crippen LogP contribution < -0.4 is 9.47 Å². The molecule has 2 atom stereocenters. The molecule has 1 saturated heterocycles. The predicted octanol–water partition coefficient (Wildman–Crippen LogP) is 0.905. The van der Waals surface area contributed by atoms with Crippen molar-refractivity contribution in [2.75, 3.05) is 6.54 Å². The standard InChI is InChI=1S/C15H20N2O4/c1-15(2)14(19)13(17-7-4-3-5-12(17)18)10-6-8-16(20)9-11(10)21-15/h6,8-9,13-14,19H,3-5,7H2,1-2H3/t13-,14+/m0/s1. The Morgan fingerprint density at radius 3 is 2.95 bits per heavy atom. The van der Waals surface area contributed by atoms with Crippen molar-refractivity contribution in [1.82, 2.24) is 4.90 Å². The largest absolute Gasteiger partial charge is 0.619 e. The van der Waals surface area contributed by atoms with Crippen LogP contribution in [0.2, 0.25) is 0 Å². The van der Waals surface area contributed by atoms with E-state index in [9.17, 15) is 15.1 Å². The quantitative estimate of drug-likeness (QED) is 0.616. The Morgan fingerprint density at radius 2 is 2.24 bits per heavy atom. The lowest BCUT2D eigenvalue weighted by Gasteiger charge is -2.46. The molecule has 0 aliphatic carbocycles. The number of nitrogens with zero attached hydrogens (tertiary/aromatic N) is 2. The molecular weight excluding hydrogens is 272 g/mol. The average Bonchev–Trinajstić information content (AvgIpc) is 2.41. The first kappa shape index (κ1) is 14.1. The number of hydrogen-bond acceptors (Lipinski definition) is 4. The van der Waals surface area contributed by atoms with E-state index in [1.165, 1.54) is 12.4 Å². The van der Waals surface area contributed by atoms with Crippen molar-refractivity contribution in [2.24, 2.45) is 0 Å². The Balaban J connectivity index is 2.07. The van der Waals surface area contributed by atoms with Crippen LogP contribution in [0, 0.1) is 5.21 Å². The lowest BCUT2D eigenvalue weighted by molar-refractivity contribution is -0.606. The zero-order chi connectivity index (χ0) is 15.2. The van der Waals surface area contributed by atoms with Crippen LogP contribution in [-0.4, -0.2) is 34.2 Å². The first-order valence-corrected chi connectivity index (χ1v) is 7.29. The molecule has 1 aromatic rings.